The van der Waals surface area contributed by atoms with E-state index in [1.165, 1.54) is 6.92 Å². The fraction of sp³-hybridized carbons (Fsp3) is 0.818. The second kappa shape index (κ2) is 6.13. The zero-order valence-corrected chi connectivity index (χ0v) is 17.0. The Labute approximate surface area is 166 Å². The monoisotopic (exact) mass is 392 g/mol. The third kappa shape index (κ3) is 2.20. The number of aliphatic hydroxyl groups excluding tert-OH is 3. The third-order valence-corrected chi connectivity index (χ3v) is 8.91. The maximum Gasteiger partial charge on any atom is 0.302 e. The van der Waals surface area contributed by atoms with E-state index in [9.17, 15) is 24.9 Å². The van der Waals surface area contributed by atoms with Crippen LogP contribution in [-0.4, -0.2) is 52.0 Å². The summed E-state index contributed by atoms with van der Waals surface area (Å²) in [5.41, 5.74) is -1.67. The highest BCUT2D eigenvalue weighted by Crippen LogP contribution is 2.71. The lowest BCUT2D eigenvalue weighted by Gasteiger charge is -2.65. The minimum absolute atomic E-state index is 0.0211. The summed E-state index contributed by atoms with van der Waals surface area (Å²) in [6, 6.07) is 0. The molecule has 4 aliphatic carbocycles. The predicted octanol–water partition coefficient (Wildman–Crippen LogP) is 1.61. The van der Waals surface area contributed by atoms with Gasteiger partial charge in [0.1, 0.15) is 11.5 Å². The van der Waals surface area contributed by atoms with E-state index in [-0.39, 0.29) is 40.6 Å². The SMILES string of the molecule is C=C1C(=O)C23C(O)CC4C(C)(CO)CCCC4(C)C2CC(O)C1C3OC(C)=O. The van der Waals surface area contributed by atoms with Crippen LogP contribution < -0.4 is 0 Å². The molecule has 4 aliphatic rings. The van der Waals surface area contributed by atoms with Crippen LogP contribution in [0.3, 0.4) is 0 Å². The molecule has 0 heterocycles. The molecule has 156 valence electrons. The highest BCUT2D eigenvalue weighted by Gasteiger charge is 2.76. The largest absolute Gasteiger partial charge is 0.461 e. The van der Waals surface area contributed by atoms with Gasteiger partial charge in [0.2, 0.25) is 0 Å². The van der Waals surface area contributed by atoms with Crippen molar-refractivity contribution in [2.24, 2.45) is 34.0 Å². The Morgan fingerprint density at radius 2 is 1.89 bits per heavy atom. The number of hydrogen-bond donors (Lipinski definition) is 3. The number of carbonyl (C=O) groups excluding carboxylic acids is 2. The summed E-state index contributed by atoms with van der Waals surface area (Å²) >= 11 is 0. The molecule has 9 atom stereocenters. The zero-order valence-electron chi connectivity index (χ0n) is 17.0. The Kier molecular flexibility index (Phi) is 4.39. The molecule has 0 aromatic carbocycles. The summed E-state index contributed by atoms with van der Waals surface area (Å²) in [4.78, 5) is 25.4. The summed E-state index contributed by atoms with van der Waals surface area (Å²) < 4.78 is 5.63. The molecule has 9 unspecified atom stereocenters. The molecule has 4 rings (SSSR count). The van der Waals surface area contributed by atoms with Gasteiger partial charge in [-0.2, -0.15) is 0 Å². The molecule has 0 radical (unpaired) electrons. The minimum Gasteiger partial charge on any atom is -0.461 e. The summed E-state index contributed by atoms with van der Waals surface area (Å²) in [5, 5.41) is 32.5. The van der Waals surface area contributed by atoms with Gasteiger partial charge in [0.05, 0.1) is 18.1 Å². The van der Waals surface area contributed by atoms with Crippen LogP contribution in [0.1, 0.15) is 52.9 Å². The lowest BCUT2D eigenvalue weighted by molar-refractivity contribution is -0.247. The Bertz CT molecular complexity index is 733. The van der Waals surface area contributed by atoms with Crippen LogP contribution in [0.4, 0.5) is 0 Å². The molecule has 1 spiro atoms. The summed E-state index contributed by atoms with van der Waals surface area (Å²) in [5.74, 6) is -1.74. The van der Waals surface area contributed by atoms with E-state index in [0.29, 0.717) is 12.8 Å². The Morgan fingerprint density at radius 1 is 1.21 bits per heavy atom. The van der Waals surface area contributed by atoms with Gasteiger partial charge in [0.25, 0.3) is 0 Å². The molecule has 4 saturated carbocycles. The standard InChI is InChI=1S/C22H32O6/c1-11-17-13(25)8-15-21(4)7-5-6-20(3,10-23)14(21)9-16(26)22(15,18(11)27)19(17)28-12(2)24/h13-17,19,23,25-26H,1,5-10H2,2-4H3. The first-order chi connectivity index (χ1) is 13.0. The maximum absolute atomic E-state index is 13.5. The normalized spacial score (nSPS) is 52.8. The van der Waals surface area contributed by atoms with Gasteiger partial charge in [-0.1, -0.05) is 26.8 Å². The van der Waals surface area contributed by atoms with Gasteiger partial charge in [0, 0.05) is 13.5 Å². The fourth-order valence-electron chi connectivity index (χ4n) is 7.75. The van der Waals surface area contributed by atoms with Crippen molar-refractivity contribution in [3.8, 4) is 0 Å². The molecule has 0 aromatic rings. The minimum atomic E-state index is -1.24. The molecule has 3 N–H and O–H groups in total. The van der Waals surface area contributed by atoms with Crippen LogP contribution in [0.25, 0.3) is 0 Å². The zero-order chi connectivity index (χ0) is 20.6. The number of ketones is 1. The lowest BCUT2D eigenvalue weighted by Crippen LogP contribution is -2.69. The maximum atomic E-state index is 13.5. The number of ether oxygens (including phenoxy) is 1. The van der Waals surface area contributed by atoms with Crippen LogP contribution in [0.2, 0.25) is 0 Å². The van der Waals surface area contributed by atoms with Gasteiger partial charge in [-0.25, -0.2) is 0 Å². The number of hydrogen-bond acceptors (Lipinski definition) is 6. The summed E-state index contributed by atoms with van der Waals surface area (Å²) in [6.07, 6.45) is 0.680. The van der Waals surface area contributed by atoms with E-state index in [1.54, 1.807) is 0 Å². The van der Waals surface area contributed by atoms with Gasteiger partial charge in [0.15, 0.2) is 5.78 Å². The fourth-order valence-corrected chi connectivity index (χ4v) is 7.75. The van der Waals surface area contributed by atoms with Gasteiger partial charge in [-0.15, -0.1) is 0 Å². The van der Waals surface area contributed by atoms with E-state index in [4.69, 9.17) is 4.74 Å². The van der Waals surface area contributed by atoms with Crippen LogP contribution in [0.15, 0.2) is 12.2 Å². The van der Waals surface area contributed by atoms with Crippen molar-refractivity contribution in [1.82, 2.24) is 0 Å². The first-order valence-corrected chi connectivity index (χ1v) is 10.4. The number of Topliss-reactive ketones (excluding diaryl/α,β-unsaturated/α-hetero) is 1. The van der Waals surface area contributed by atoms with Gasteiger partial charge in [-0.05, 0) is 53.9 Å². The molecule has 2 bridgehead atoms. The molecule has 6 heteroatoms. The van der Waals surface area contributed by atoms with Crippen molar-refractivity contribution in [3.63, 3.8) is 0 Å². The van der Waals surface area contributed by atoms with Crippen LogP contribution in [0, 0.1) is 34.0 Å². The smallest absolute Gasteiger partial charge is 0.302 e. The van der Waals surface area contributed by atoms with Gasteiger partial charge < -0.3 is 20.1 Å². The highest BCUT2D eigenvalue weighted by molar-refractivity contribution is 6.05. The van der Waals surface area contributed by atoms with E-state index in [0.717, 1.165) is 19.3 Å². The van der Waals surface area contributed by atoms with Crippen molar-refractivity contribution >= 4 is 11.8 Å². The number of carbonyl (C=O) groups is 2. The second-order valence-electron chi connectivity index (χ2n) is 10.2. The number of aliphatic hydroxyl groups is 3. The van der Waals surface area contributed by atoms with E-state index in [2.05, 4.69) is 20.4 Å². The van der Waals surface area contributed by atoms with Crippen molar-refractivity contribution in [2.75, 3.05) is 6.61 Å². The quantitative estimate of drug-likeness (QED) is 0.487. The number of fused-ring (bicyclic) bond motifs is 3. The van der Waals surface area contributed by atoms with E-state index >= 15 is 0 Å². The molecule has 0 amide bonds. The Balaban J connectivity index is 1.90. The van der Waals surface area contributed by atoms with E-state index in [1.807, 2.05) is 0 Å². The topological polar surface area (TPSA) is 104 Å². The molecule has 6 nitrogen and oxygen atoms in total. The van der Waals surface area contributed by atoms with Crippen molar-refractivity contribution < 1.29 is 29.6 Å². The van der Waals surface area contributed by atoms with Gasteiger partial charge >= 0.3 is 5.97 Å². The number of rotatable bonds is 2. The average Bonchev–Trinajstić information content (AvgIpc) is 2.77. The predicted molar refractivity (Wildman–Crippen MR) is 101 cm³/mol. The van der Waals surface area contributed by atoms with E-state index < -0.39 is 35.6 Å². The summed E-state index contributed by atoms with van der Waals surface area (Å²) in [6.45, 7) is 9.44. The lowest BCUT2D eigenvalue weighted by atomic mass is 9.39. The average molecular weight is 392 g/mol. The van der Waals surface area contributed by atoms with Crippen LogP contribution >= 0.6 is 0 Å². The molecule has 0 aliphatic heterocycles. The van der Waals surface area contributed by atoms with Crippen LogP contribution in [0.5, 0.6) is 0 Å². The van der Waals surface area contributed by atoms with Crippen molar-refractivity contribution in [2.45, 2.75) is 71.2 Å². The first-order valence-electron chi connectivity index (χ1n) is 10.4. The summed E-state index contributed by atoms with van der Waals surface area (Å²) in [7, 11) is 0. The highest BCUT2D eigenvalue weighted by atomic mass is 16.5. The molecule has 4 fully saturated rings. The Hall–Kier alpha value is -1.24. The molecule has 0 saturated heterocycles. The third-order valence-electron chi connectivity index (χ3n) is 8.91. The van der Waals surface area contributed by atoms with Gasteiger partial charge in [-0.3, -0.25) is 9.59 Å². The molecular formula is C22H32O6. The Morgan fingerprint density at radius 3 is 2.50 bits per heavy atom. The molecule has 28 heavy (non-hydrogen) atoms. The molecule has 0 aromatic heterocycles. The van der Waals surface area contributed by atoms with Crippen molar-refractivity contribution in [3.05, 3.63) is 12.2 Å². The van der Waals surface area contributed by atoms with Crippen molar-refractivity contribution in [1.29, 1.82) is 0 Å². The number of esters is 1. The molecular weight excluding hydrogens is 360 g/mol. The van der Waals surface area contributed by atoms with Crippen LogP contribution in [-0.2, 0) is 14.3 Å². The second-order valence-corrected chi connectivity index (χ2v) is 10.2. The first kappa shape index (κ1) is 20.0.